The Morgan fingerprint density at radius 2 is 1.81 bits per heavy atom. The first-order chi connectivity index (χ1) is 12.0. The number of hydrogen-bond donors (Lipinski definition) is 1. The number of alkyl halides is 3. The molecule has 2 unspecified atom stereocenters. The molecule has 0 aliphatic carbocycles. The lowest BCUT2D eigenvalue weighted by Gasteiger charge is -2.19. The summed E-state index contributed by atoms with van der Waals surface area (Å²) in [4.78, 5) is 15.4. The second-order valence-electron chi connectivity index (χ2n) is 6.46. The first kappa shape index (κ1) is 20.6. The third-order valence-corrected chi connectivity index (χ3v) is 5.61. The van der Waals surface area contributed by atoms with Crippen LogP contribution in [0.1, 0.15) is 5.56 Å². The SMILES string of the molecule is CS(=O)(=O)N1CC2CN(Cc3cccnc3)CC2C1.O=C(O)C(F)(F)F. The van der Waals surface area contributed by atoms with Gasteiger partial charge in [0.1, 0.15) is 0 Å². The lowest BCUT2D eigenvalue weighted by molar-refractivity contribution is -0.192. The number of fused-ring (bicyclic) bond motifs is 1. The van der Waals surface area contributed by atoms with Crippen molar-refractivity contribution in [3.05, 3.63) is 30.1 Å². The molecule has 2 saturated heterocycles. The van der Waals surface area contributed by atoms with E-state index in [0.717, 1.165) is 19.6 Å². The number of aliphatic carboxylic acids is 1. The fourth-order valence-electron chi connectivity index (χ4n) is 3.20. The maximum atomic E-state index is 11.5. The first-order valence-corrected chi connectivity index (χ1v) is 9.68. The van der Waals surface area contributed by atoms with Gasteiger partial charge in [0.05, 0.1) is 6.26 Å². The molecule has 7 nitrogen and oxygen atoms in total. The van der Waals surface area contributed by atoms with E-state index in [1.807, 2.05) is 12.3 Å². The largest absolute Gasteiger partial charge is 0.490 e. The van der Waals surface area contributed by atoms with Gasteiger partial charge in [0.25, 0.3) is 0 Å². The summed E-state index contributed by atoms with van der Waals surface area (Å²) in [5.41, 5.74) is 1.22. The molecule has 146 valence electrons. The number of carboxylic acid groups (broad SMARTS) is 1. The van der Waals surface area contributed by atoms with Crippen LogP contribution >= 0.6 is 0 Å². The summed E-state index contributed by atoms with van der Waals surface area (Å²) in [6.45, 7) is 4.27. The minimum atomic E-state index is -5.08. The normalized spacial score (nSPS) is 24.0. The van der Waals surface area contributed by atoms with Gasteiger partial charge in [-0.2, -0.15) is 13.2 Å². The van der Waals surface area contributed by atoms with E-state index in [1.54, 1.807) is 10.5 Å². The highest BCUT2D eigenvalue weighted by Gasteiger charge is 2.42. The minimum absolute atomic E-state index is 0.492. The number of pyridine rings is 1. The zero-order valence-corrected chi connectivity index (χ0v) is 14.9. The van der Waals surface area contributed by atoms with Crippen LogP contribution in [0.5, 0.6) is 0 Å². The van der Waals surface area contributed by atoms with Crippen molar-refractivity contribution >= 4 is 16.0 Å². The molecule has 1 aromatic heterocycles. The minimum Gasteiger partial charge on any atom is -0.475 e. The van der Waals surface area contributed by atoms with E-state index in [-0.39, 0.29) is 0 Å². The number of carbonyl (C=O) groups is 1. The smallest absolute Gasteiger partial charge is 0.475 e. The van der Waals surface area contributed by atoms with Crippen LogP contribution in [0.25, 0.3) is 0 Å². The quantitative estimate of drug-likeness (QED) is 0.822. The molecule has 1 N–H and O–H groups in total. The molecule has 3 rings (SSSR count). The monoisotopic (exact) mass is 395 g/mol. The van der Waals surface area contributed by atoms with Gasteiger partial charge in [0, 0.05) is 45.1 Å². The Balaban J connectivity index is 0.000000298. The van der Waals surface area contributed by atoms with Crippen molar-refractivity contribution in [2.45, 2.75) is 12.7 Å². The predicted octanol–water partition coefficient (Wildman–Crippen LogP) is 1.04. The molecular weight excluding hydrogens is 375 g/mol. The lowest BCUT2D eigenvalue weighted by atomic mass is 10.0. The van der Waals surface area contributed by atoms with Gasteiger partial charge in [0.2, 0.25) is 10.0 Å². The van der Waals surface area contributed by atoms with Gasteiger partial charge in [-0.25, -0.2) is 17.5 Å². The van der Waals surface area contributed by atoms with Crippen molar-refractivity contribution in [3.8, 4) is 0 Å². The molecule has 2 aliphatic rings. The fourth-order valence-corrected chi connectivity index (χ4v) is 4.12. The Morgan fingerprint density at radius 1 is 1.27 bits per heavy atom. The molecule has 0 bridgehead atoms. The number of hydrogen-bond acceptors (Lipinski definition) is 5. The van der Waals surface area contributed by atoms with E-state index in [4.69, 9.17) is 9.90 Å². The zero-order chi connectivity index (χ0) is 19.5. The van der Waals surface area contributed by atoms with Gasteiger partial charge in [-0.1, -0.05) is 6.07 Å². The van der Waals surface area contributed by atoms with Crippen LogP contribution in [0.4, 0.5) is 13.2 Å². The van der Waals surface area contributed by atoms with Gasteiger partial charge >= 0.3 is 12.1 Å². The number of halogens is 3. The van der Waals surface area contributed by atoms with Gasteiger partial charge in [0.15, 0.2) is 0 Å². The molecule has 1 aromatic rings. The van der Waals surface area contributed by atoms with Crippen LogP contribution in [0, 0.1) is 11.8 Å². The van der Waals surface area contributed by atoms with Crippen molar-refractivity contribution in [1.82, 2.24) is 14.2 Å². The predicted molar refractivity (Wildman–Crippen MR) is 86.6 cm³/mol. The Morgan fingerprint density at radius 3 is 2.19 bits per heavy atom. The third kappa shape index (κ3) is 5.64. The molecule has 26 heavy (non-hydrogen) atoms. The second kappa shape index (κ2) is 7.89. The Bertz CT molecular complexity index is 713. The summed E-state index contributed by atoms with van der Waals surface area (Å²) in [6.07, 6.45) is -0.0927. The van der Waals surface area contributed by atoms with E-state index in [2.05, 4.69) is 16.0 Å². The maximum absolute atomic E-state index is 11.5. The number of nitrogens with zero attached hydrogens (tertiary/aromatic N) is 3. The van der Waals surface area contributed by atoms with E-state index in [0.29, 0.717) is 24.9 Å². The van der Waals surface area contributed by atoms with Crippen LogP contribution in [0.15, 0.2) is 24.5 Å². The number of rotatable bonds is 3. The first-order valence-electron chi connectivity index (χ1n) is 7.83. The van der Waals surface area contributed by atoms with Crippen LogP contribution in [-0.2, 0) is 21.4 Å². The van der Waals surface area contributed by atoms with Crippen molar-refractivity contribution in [2.24, 2.45) is 11.8 Å². The van der Waals surface area contributed by atoms with Gasteiger partial charge in [-0.15, -0.1) is 0 Å². The molecular formula is C15H20F3N3O4S. The summed E-state index contributed by atoms with van der Waals surface area (Å²) in [7, 11) is -3.02. The standard InChI is InChI=1S/C13H19N3O2S.C2HF3O2/c1-19(17,18)16-9-12-7-15(8-13(12)10-16)6-11-3-2-4-14-5-11;3-2(4,5)1(6)7/h2-5,12-13H,6-10H2,1H3;(H,6,7). The second-order valence-corrected chi connectivity index (χ2v) is 8.44. The number of carboxylic acids is 1. The molecule has 3 heterocycles. The van der Waals surface area contributed by atoms with Gasteiger partial charge in [-0.05, 0) is 23.5 Å². The molecule has 0 radical (unpaired) electrons. The van der Waals surface area contributed by atoms with Gasteiger partial charge < -0.3 is 5.11 Å². The van der Waals surface area contributed by atoms with Crippen molar-refractivity contribution in [3.63, 3.8) is 0 Å². The highest BCUT2D eigenvalue weighted by Crippen LogP contribution is 2.32. The van der Waals surface area contributed by atoms with E-state index < -0.39 is 22.2 Å². The van der Waals surface area contributed by atoms with E-state index in [1.165, 1.54) is 11.8 Å². The molecule has 2 aliphatic heterocycles. The molecule has 0 spiro atoms. The van der Waals surface area contributed by atoms with E-state index >= 15 is 0 Å². The van der Waals surface area contributed by atoms with Crippen molar-refractivity contribution < 1.29 is 31.5 Å². The summed E-state index contributed by atoms with van der Waals surface area (Å²) in [6, 6.07) is 4.04. The number of sulfonamides is 1. The lowest BCUT2D eigenvalue weighted by Crippen LogP contribution is -2.32. The molecule has 2 atom stereocenters. The van der Waals surface area contributed by atoms with Crippen LogP contribution < -0.4 is 0 Å². The topological polar surface area (TPSA) is 90.8 Å². The fraction of sp³-hybridized carbons (Fsp3) is 0.600. The third-order valence-electron chi connectivity index (χ3n) is 4.37. The number of aromatic nitrogens is 1. The van der Waals surface area contributed by atoms with Crippen LogP contribution in [-0.4, -0.2) is 72.3 Å². The van der Waals surface area contributed by atoms with Gasteiger partial charge in [-0.3, -0.25) is 9.88 Å². The molecule has 0 saturated carbocycles. The van der Waals surface area contributed by atoms with E-state index in [9.17, 15) is 21.6 Å². The number of likely N-dealkylation sites (tertiary alicyclic amines) is 1. The Labute approximate surface area is 149 Å². The van der Waals surface area contributed by atoms with Crippen LogP contribution in [0.2, 0.25) is 0 Å². The average Bonchev–Trinajstić information content (AvgIpc) is 3.06. The highest BCUT2D eigenvalue weighted by atomic mass is 32.2. The summed E-state index contributed by atoms with van der Waals surface area (Å²) < 4.78 is 56.4. The summed E-state index contributed by atoms with van der Waals surface area (Å²) in [5.74, 6) is -1.77. The molecule has 0 amide bonds. The molecule has 2 fully saturated rings. The zero-order valence-electron chi connectivity index (χ0n) is 14.1. The highest BCUT2D eigenvalue weighted by molar-refractivity contribution is 7.88. The van der Waals surface area contributed by atoms with Crippen molar-refractivity contribution in [1.29, 1.82) is 0 Å². The molecule has 0 aromatic carbocycles. The summed E-state index contributed by atoms with van der Waals surface area (Å²) in [5, 5.41) is 7.12. The Hall–Kier alpha value is -1.72. The Kier molecular flexibility index (Phi) is 6.25. The molecule has 11 heteroatoms. The maximum Gasteiger partial charge on any atom is 0.490 e. The van der Waals surface area contributed by atoms with Crippen LogP contribution in [0.3, 0.4) is 0 Å². The van der Waals surface area contributed by atoms with Crippen molar-refractivity contribution in [2.75, 3.05) is 32.4 Å². The average molecular weight is 395 g/mol. The summed E-state index contributed by atoms with van der Waals surface area (Å²) >= 11 is 0.